The quantitative estimate of drug-likeness (QED) is 0.861. The minimum absolute atomic E-state index is 0.0258. The lowest BCUT2D eigenvalue weighted by atomic mass is 9.87. The van der Waals surface area contributed by atoms with Crippen molar-refractivity contribution in [1.29, 1.82) is 0 Å². The maximum Gasteiger partial charge on any atom is 0.0721 e. The van der Waals surface area contributed by atoms with E-state index in [4.69, 9.17) is 4.74 Å². The Labute approximate surface area is 131 Å². The Morgan fingerprint density at radius 2 is 1.50 bits per heavy atom. The number of ether oxygens (including phenoxy) is 1. The summed E-state index contributed by atoms with van der Waals surface area (Å²) in [6.45, 7) is 1.23. The fourth-order valence-corrected chi connectivity index (χ4v) is 3.11. The van der Waals surface area contributed by atoms with E-state index in [0.717, 1.165) is 18.4 Å². The maximum absolute atomic E-state index is 9.54. The first-order valence-corrected chi connectivity index (χ1v) is 7.69. The van der Waals surface area contributed by atoms with E-state index in [9.17, 15) is 10.2 Å². The van der Waals surface area contributed by atoms with Crippen LogP contribution in [0.1, 0.15) is 22.3 Å². The largest absolute Gasteiger partial charge is 0.396 e. The normalized spacial score (nSPS) is 15.7. The molecule has 0 heterocycles. The molecule has 0 aliphatic heterocycles. The van der Waals surface area contributed by atoms with Crippen molar-refractivity contribution >= 4 is 0 Å². The summed E-state index contributed by atoms with van der Waals surface area (Å²) >= 11 is 0. The van der Waals surface area contributed by atoms with Crippen LogP contribution in [0.3, 0.4) is 0 Å². The van der Waals surface area contributed by atoms with Gasteiger partial charge < -0.3 is 14.9 Å². The molecule has 2 aromatic carbocycles. The lowest BCUT2D eigenvalue weighted by molar-refractivity contribution is 0.0634. The number of fused-ring (bicyclic) bond motifs is 1. The smallest absolute Gasteiger partial charge is 0.0721 e. The van der Waals surface area contributed by atoms with Crippen molar-refractivity contribution in [3.63, 3.8) is 0 Å². The standard InChI is InChI=1S/C19H22O3/c20-13-19(14-21)9-17-7-6-16(8-18(17)10-19)12-22-11-15-4-2-1-3-5-15/h1-8,20-21H,9-14H2. The van der Waals surface area contributed by atoms with Crippen LogP contribution in [0.15, 0.2) is 48.5 Å². The van der Waals surface area contributed by atoms with Gasteiger partial charge in [0.05, 0.1) is 26.4 Å². The molecule has 1 aliphatic rings. The molecule has 22 heavy (non-hydrogen) atoms. The van der Waals surface area contributed by atoms with E-state index in [1.165, 1.54) is 16.7 Å². The number of rotatable bonds is 6. The Balaban J connectivity index is 1.61. The monoisotopic (exact) mass is 298 g/mol. The van der Waals surface area contributed by atoms with Gasteiger partial charge in [-0.05, 0) is 35.1 Å². The van der Waals surface area contributed by atoms with Crippen LogP contribution in [-0.2, 0) is 30.8 Å². The molecule has 0 aromatic heterocycles. The van der Waals surface area contributed by atoms with Crippen molar-refractivity contribution in [2.24, 2.45) is 5.41 Å². The zero-order chi connectivity index (χ0) is 15.4. The van der Waals surface area contributed by atoms with E-state index in [0.29, 0.717) is 13.2 Å². The predicted octanol–water partition coefficient (Wildman–Crippen LogP) is 2.47. The highest BCUT2D eigenvalue weighted by molar-refractivity contribution is 5.38. The average Bonchev–Trinajstić information content (AvgIpc) is 2.94. The Hall–Kier alpha value is -1.68. The van der Waals surface area contributed by atoms with Crippen LogP contribution >= 0.6 is 0 Å². The number of hydrogen-bond donors (Lipinski definition) is 2. The number of hydrogen-bond acceptors (Lipinski definition) is 3. The molecule has 3 nitrogen and oxygen atoms in total. The van der Waals surface area contributed by atoms with Crippen LogP contribution in [0.2, 0.25) is 0 Å². The third kappa shape index (κ3) is 3.22. The highest BCUT2D eigenvalue weighted by Gasteiger charge is 2.36. The van der Waals surface area contributed by atoms with Crippen LogP contribution in [0.4, 0.5) is 0 Å². The second-order valence-corrected chi connectivity index (χ2v) is 6.25. The second-order valence-electron chi connectivity index (χ2n) is 6.25. The van der Waals surface area contributed by atoms with Crippen molar-refractivity contribution < 1.29 is 14.9 Å². The number of aliphatic hydroxyl groups excluding tert-OH is 2. The van der Waals surface area contributed by atoms with Crippen molar-refractivity contribution in [1.82, 2.24) is 0 Å². The summed E-state index contributed by atoms with van der Waals surface area (Å²) < 4.78 is 5.77. The fraction of sp³-hybridized carbons (Fsp3) is 0.368. The predicted molar refractivity (Wildman–Crippen MR) is 85.4 cm³/mol. The number of aliphatic hydroxyl groups is 2. The van der Waals surface area contributed by atoms with Gasteiger partial charge in [-0.15, -0.1) is 0 Å². The molecule has 0 spiro atoms. The van der Waals surface area contributed by atoms with E-state index >= 15 is 0 Å². The van der Waals surface area contributed by atoms with Crippen LogP contribution in [0.25, 0.3) is 0 Å². The number of benzene rings is 2. The van der Waals surface area contributed by atoms with Gasteiger partial charge in [-0.1, -0.05) is 48.5 Å². The molecule has 0 radical (unpaired) electrons. The Bertz CT molecular complexity index is 618. The molecule has 0 saturated heterocycles. The molecule has 0 unspecified atom stereocenters. The van der Waals surface area contributed by atoms with Gasteiger partial charge in [-0.3, -0.25) is 0 Å². The first-order chi connectivity index (χ1) is 10.7. The van der Waals surface area contributed by atoms with E-state index in [-0.39, 0.29) is 18.6 Å². The molecule has 3 heteroatoms. The Morgan fingerprint density at radius 3 is 2.23 bits per heavy atom. The molecule has 116 valence electrons. The highest BCUT2D eigenvalue weighted by Crippen LogP contribution is 2.36. The van der Waals surface area contributed by atoms with Crippen molar-refractivity contribution in [2.75, 3.05) is 13.2 Å². The van der Waals surface area contributed by atoms with E-state index < -0.39 is 0 Å². The molecule has 0 atom stereocenters. The summed E-state index contributed by atoms with van der Waals surface area (Å²) in [6.07, 6.45) is 1.49. The molecule has 2 N–H and O–H groups in total. The molecule has 3 rings (SSSR count). The van der Waals surface area contributed by atoms with Gasteiger partial charge in [-0.2, -0.15) is 0 Å². The van der Waals surface area contributed by atoms with Gasteiger partial charge in [0.2, 0.25) is 0 Å². The van der Waals surface area contributed by atoms with Gasteiger partial charge in [0, 0.05) is 5.41 Å². The Morgan fingerprint density at radius 1 is 0.818 bits per heavy atom. The molecule has 0 amide bonds. The van der Waals surface area contributed by atoms with Crippen LogP contribution in [-0.4, -0.2) is 23.4 Å². The van der Waals surface area contributed by atoms with Gasteiger partial charge in [0.15, 0.2) is 0 Å². The summed E-state index contributed by atoms with van der Waals surface area (Å²) in [5.74, 6) is 0. The van der Waals surface area contributed by atoms with E-state index in [1.807, 2.05) is 18.2 Å². The summed E-state index contributed by atoms with van der Waals surface area (Å²) in [5.41, 5.74) is 4.38. The summed E-state index contributed by atoms with van der Waals surface area (Å²) in [6, 6.07) is 16.5. The molecule has 0 bridgehead atoms. The van der Waals surface area contributed by atoms with Crippen molar-refractivity contribution in [2.45, 2.75) is 26.1 Å². The summed E-state index contributed by atoms with van der Waals surface area (Å²) in [7, 11) is 0. The zero-order valence-corrected chi connectivity index (χ0v) is 12.7. The highest BCUT2D eigenvalue weighted by atomic mass is 16.5. The van der Waals surface area contributed by atoms with Gasteiger partial charge in [-0.25, -0.2) is 0 Å². The molecular weight excluding hydrogens is 276 g/mol. The first-order valence-electron chi connectivity index (χ1n) is 7.69. The lowest BCUT2D eigenvalue weighted by Gasteiger charge is -2.22. The third-order valence-corrected chi connectivity index (χ3v) is 4.45. The van der Waals surface area contributed by atoms with Crippen LogP contribution < -0.4 is 0 Å². The van der Waals surface area contributed by atoms with Gasteiger partial charge >= 0.3 is 0 Å². The third-order valence-electron chi connectivity index (χ3n) is 4.45. The minimum atomic E-state index is -0.383. The second kappa shape index (κ2) is 6.61. The zero-order valence-electron chi connectivity index (χ0n) is 12.7. The van der Waals surface area contributed by atoms with Gasteiger partial charge in [0.1, 0.15) is 0 Å². The molecular formula is C19H22O3. The van der Waals surface area contributed by atoms with E-state index in [1.54, 1.807) is 0 Å². The van der Waals surface area contributed by atoms with E-state index in [2.05, 4.69) is 30.3 Å². The molecule has 0 saturated carbocycles. The molecule has 1 aliphatic carbocycles. The summed E-state index contributed by atoms with van der Waals surface area (Å²) in [4.78, 5) is 0. The Kier molecular flexibility index (Phi) is 4.57. The first kappa shape index (κ1) is 15.2. The lowest BCUT2D eigenvalue weighted by Crippen LogP contribution is -2.30. The average molecular weight is 298 g/mol. The van der Waals surface area contributed by atoms with Crippen LogP contribution in [0, 0.1) is 5.41 Å². The molecule has 2 aromatic rings. The molecule has 0 fully saturated rings. The summed E-state index contributed by atoms with van der Waals surface area (Å²) in [5, 5.41) is 19.1. The van der Waals surface area contributed by atoms with Crippen molar-refractivity contribution in [3.05, 3.63) is 70.8 Å². The fourth-order valence-electron chi connectivity index (χ4n) is 3.11. The minimum Gasteiger partial charge on any atom is -0.396 e. The van der Waals surface area contributed by atoms with Gasteiger partial charge in [0.25, 0.3) is 0 Å². The van der Waals surface area contributed by atoms with Crippen molar-refractivity contribution in [3.8, 4) is 0 Å². The SMILES string of the molecule is OCC1(CO)Cc2ccc(COCc3ccccc3)cc2C1. The topological polar surface area (TPSA) is 49.7 Å². The van der Waals surface area contributed by atoms with Crippen LogP contribution in [0.5, 0.6) is 0 Å². The maximum atomic E-state index is 9.54.